The van der Waals surface area contributed by atoms with Crippen LogP contribution in [-0.2, 0) is 14.3 Å². The molecular weight excluding hydrogens is 384 g/mol. The number of hydrogen-bond acceptors (Lipinski definition) is 3. The highest BCUT2D eigenvalue weighted by Gasteiger charge is 2.57. The molecule has 0 radical (unpaired) electrons. The van der Waals surface area contributed by atoms with Crippen LogP contribution in [-0.4, -0.2) is 18.4 Å². The van der Waals surface area contributed by atoms with Crippen LogP contribution >= 0.6 is 0 Å². The van der Waals surface area contributed by atoms with Crippen LogP contribution in [0.2, 0.25) is 0 Å². The Morgan fingerprint density at radius 1 is 1.13 bits per heavy atom. The molecule has 1 saturated heterocycles. The molecule has 3 nitrogen and oxygen atoms in total. The molecule has 0 aromatic rings. The number of esters is 1. The zero-order valence-electron chi connectivity index (χ0n) is 21.5. The van der Waals surface area contributed by atoms with Crippen molar-refractivity contribution in [1.29, 1.82) is 0 Å². The van der Waals surface area contributed by atoms with E-state index in [1.165, 1.54) is 24.0 Å². The normalized spacial score (nSPS) is 30.2. The summed E-state index contributed by atoms with van der Waals surface area (Å²) in [6.45, 7) is 17.6. The lowest BCUT2D eigenvalue weighted by Crippen LogP contribution is -2.40. The van der Waals surface area contributed by atoms with E-state index < -0.39 is 11.7 Å². The van der Waals surface area contributed by atoms with Gasteiger partial charge in [0.2, 0.25) is 6.29 Å². The first-order valence-electron chi connectivity index (χ1n) is 12.7. The van der Waals surface area contributed by atoms with Crippen LogP contribution in [0.3, 0.4) is 0 Å². The predicted octanol–water partition coefficient (Wildman–Crippen LogP) is 7.85. The lowest BCUT2D eigenvalue weighted by Gasteiger charge is -2.39. The lowest BCUT2D eigenvalue weighted by molar-refractivity contribution is -0.196. The van der Waals surface area contributed by atoms with Crippen molar-refractivity contribution in [3.63, 3.8) is 0 Å². The van der Waals surface area contributed by atoms with Gasteiger partial charge in [-0.05, 0) is 77.6 Å². The lowest BCUT2D eigenvalue weighted by atomic mass is 9.69. The molecule has 2 fully saturated rings. The fraction of sp³-hybridized carbons (Fsp3) is 0.821. The smallest absolute Gasteiger partial charge is 0.315 e. The molecule has 1 heterocycles. The van der Waals surface area contributed by atoms with Gasteiger partial charge in [0.25, 0.3) is 0 Å². The zero-order valence-corrected chi connectivity index (χ0v) is 21.5. The largest absolute Gasteiger partial charge is 0.435 e. The second-order valence-electron chi connectivity index (χ2n) is 11.2. The molecule has 0 aromatic heterocycles. The number of unbranched alkanes of at least 4 members (excludes halogenated alkanes) is 1. The Labute approximate surface area is 192 Å². The topological polar surface area (TPSA) is 35.5 Å². The van der Waals surface area contributed by atoms with Gasteiger partial charge in [-0.2, -0.15) is 0 Å². The number of allylic oxidation sites excluding steroid dienone is 4. The molecule has 0 amide bonds. The summed E-state index contributed by atoms with van der Waals surface area (Å²) in [5.41, 5.74) is 2.00. The van der Waals surface area contributed by atoms with Crippen molar-refractivity contribution in [2.45, 2.75) is 119 Å². The number of carbonyl (C=O) groups is 1. The molecule has 2 rings (SSSR count). The fourth-order valence-corrected chi connectivity index (χ4v) is 5.44. The third kappa shape index (κ3) is 6.70. The van der Waals surface area contributed by atoms with Gasteiger partial charge in [0.1, 0.15) is 0 Å². The van der Waals surface area contributed by atoms with E-state index in [9.17, 15) is 4.79 Å². The molecule has 1 aliphatic carbocycles. The Balaban J connectivity index is 2.36. The van der Waals surface area contributed by atoms with Gasteiger partial charge in [-0.25, -0.2) is 0 Å². The second-order valence-corrected chi connectivity index (χ2v) is 11.2. The van der Waals surface area contributed by atoms with Gasteiger partial charge >= 0.3 is 5.97 Å². The number of ether oxygens (including phenoxy) is 2. The van der Waals surface area contributed by atoms with Gasteiger partial charge in [0, 0.05) is 5.92 Å². The van der Waals surface area contributed by atoms with Crippen molar-refractivity contribution in [3.8, 4) is 0 Å². The van der Waals surface area contributed by atoms with Crippen LogP contribution in [0, 0.1) is 29.1 Å². The minimum atomic E-state index is -0.512. The first-order valence-corrected chi connectivity index (χ1v) is 12.7. The Hall–Kier alpha value is -1.09. The molecule has 1 saturated carbocycles. The molecular formula is C28H48O3. The van der Waals surface area contributed by atoms with Crippen molar-refractivity contribution in [3.05, 3.63) is 23.3 Å². The van der Waals surface area contributed by atoms with Gasteiger partial charge in [0.05, 0.1) is 11.5 Å². The highest BCUT2D eigenvalue weighted by atomic mass is 16.7. The molecule has 0 N–H and O–H groups in total. The Bertz CT molecular complexity index is 617. The molecule has 0 unspecified atom stereocenters. The third-order valence-electron chi connectivity index (χ3n) is 7.56. The summed E-state index contributed by atoms with van der Waals surface area (Å²) in [6.07, 6.45) is 12.5. The SMILES string of the molecule is CCCC[C@H]1[C@H](O[C@@H]2C[C@H](C)CC[C@H]2C(C)C)OC(=O)C1(CC=C(C)C)CC=C(C)C. The maximum atomic E-state index is 13.5. The zero-order chi connectivity index (χ0) is 23.2. The van der Waals surface area contributed by atoms with Crippen LogP contribution < -0.4 is 0 Å². The average molecular weight is 433 g/mol. The molecule has 31 heavy (non-hydrogen) atoms. The number of carbonyl (C=O) groups excluding carboxylic acids is 1. The summed E-state index contributed by atoms with van der Waals surface area (Å²) >= 11 is 0. The van der Waals surface area contributed by atoms with E-state index in [0.29, 0.717) is 17.8 Å². The van der Waals surface area contributed by atoms with Crippen LogP contribution in [0.25, 0.3) is 0 Å². The van der Waals surface area contributed by atoms with Gasteiger partial charge < -0.3 is 9.47 Å². The van der Waals surface area contributed by atoms with E-state index in [1.54, 1.807) is 0 Å². The van der Waals surface area contributed by atoms with E-state index in [-0.39, 0.29) is 18.0 Å². The van der Waals surface area contributed by atoms with Crippen LogP contribution in [0.15, 0.2) is 23.3 Å². The van der Waals surface area contributed by atoms with E-state index in [2.05, 4.69) is 67.5 Å². The van der Waals surface area contributed by atoms with Gasteiger partial charge in [-0.15, -0.1) is 0 Å². The molecule has 5 atom stereocenters. The predicted molar refractivity (Wildman–Crippen MR) is 130 cm³/mol. The maximum absolute atomic E-state index is 13.5. The summed E-state index contributed by atoms with van der Waals surface area (Å²) in [5.74, 6) is 1.86. The highest BCUT2D eigenvalue weighted by Crippen LogP contribution is 2.50. The van der Waals surface area contributed by atoms with Gasteiger partial charge in [0.15, 0.2) is 0 Å². The number of hydrogen-bond donors (Lipinski definition) is 0. The van der Waals surface area contributed by atoms with Crippen LogP contribution in [0.5, 0.6) is 0 Å². The maximum Gasteiger partial charge on any atom is 0.315 e. The average Bonchev–Trinajstić information content (AvgIpc) is 2.93. The van der Waals surface area contributed by atoms with Crippen molar-refractivity contribution in [1.82, 2.24) is 0 Å². The monoisotopic (exact) mass is 432 g/mol. The fourth-order valence-electron chi connectivity index (χ4n) is 5.44. The quantitative estimate of drug-likeness (QED) is 0.260. The summed E-state index contributed by atoms with van der Waals surface area (Å²) in [5, 5.41) is 0. The molecule has 3 heteroatoms. The Kier molecular flexibility index (Phi) is 9.86. The summed E-state index contributed by atoms with van der Waals surface area (Å²) in [4.78, 5) is 13.5. The number of cyclic esters (lactones) is 1. The molecule has 0 spiro atoms. The molecule has 0 aromatic carbocycles. The van der Waals surface area contributed by atoms with Gasteiger partial charge in [-0.1, -0.05) is 70.3 Å². The number of rotatable bonds is 10. The minimum absolute atomic E-state index is 0.0569. The van der Waals surface area contributed by atoms with Crippen LogP contribution in [0.1, 0.15) is 107 Å². The van der Waals surface area contributed by atoms with Crippen molar-refractivity contribution in [2.24, 2.45) is 29.1 Å². The van der Waals surface area contributed by atoms with Crippen molar-refractivity contribution < 1.29 is 14.3 Å². The summed E-state index contributed by atoms with van der Waals surface area (Å²) in [7, 11) is 0. The van der Waals surface area contributed by atoms with Crippen LogP contribution in [0.4, 0.5) is 0 Å². The molecule has 2 aliphatic rings. The van der Waals surface area contributed by atoms with Crippen molar-refractivity contribution in [2.75, 3.05) is 0 Å². The van der Waals surface area contributed by atoms with Gasteiger partial charge in [-0.3, -0.25) is 4.79 Å². The first kappa shape index (κ1) is 26.2. The first-order chi connectivity index (χ1) is 14.6. The Morgan fingerprint density at radius 3 is 2.26 bits per heavy atom. The van der Waals surface area contributed by atoms with E-state index in [4.69, 9.17) is 9.47 Å². The summed E-state index contributed by atoms with van der Waals surface area (Å²) in [6, 6.07) is 0. The molecule has 1 aliphatic heterocycles. The summed E-state index contributed by atoms with van der Waals surface area (Å²) < 4.78 is 12.9. The van der Waals surface area contributed by atoms with Crippen molar-refractivity contribution >= 4 is 5.97 Å². The Morgan fingerprint density at radius 2 is 1.74 bits per heavy atom. The standard InChI is InChI=1S/C28H48O3/c1-9-10-11-24-26(30-25-18-22(8)12-13-23(25)21(6)7)31-27(29)28(24,16-14-19(2)3)17-15-20(4)5/h14-15,21-26H,9-13,16-18H2,1-8H3/t22-,23+,24+,25-,26-/m1/s1. The van der Waals surface area contributed by atoms with E-state index in [1.807, 2.05) is 0 Å². The van der Waals surface area contributed by atoms with E-state index in [0.717, 1.165) is 38.5 Å². The minimum Gasteiger partial charge on any atom is -0.435 e. The van der Waals surface area contributed by atoms with E-state index >= 15 is 0 Å². The molecule has 0 bridgehead atoms. The third-order valence-corrected chi connectivity index (χ3v) is 7.56. The highest BCUT2D eigenvalue weighted by molar-refractivity contribution is 5.80. The second kappa shape index (κ2) is 11.7. The molecule has 178 valence electrons.